The lowest BCUT2D eigenvalue weighted by molar-refractivity contribution is -0.155. The van der Waals surface area contributed by atoms with Gasteiger partial charge < -0.3 is 25.3 Å². The van der Waals surface area contributed by atoms with Crippen molar-refractivity contribution < 1.29 is 33.8 Å². The molecule has 4 N–H and O–H groups in total. The summed E-state index contributed by atoms with van der Waals surface area (Å²) < 4.78 is 5.04. The van der Waals surface area contributed by atoms with Gasteiger partial charge in [0.25, 0.3) is 5.91 Å². The standard InChI is InChI=1S/C24H28N2O7/c1-23(2)16(10-11-24(23,3)22(31)32)19(27)26-17(21(29)30)13-14-6-8-15(9-7-14)25-20(28)18-5-4-12-33-18/h4-9,12,16-17H,10-11,13H2,1-3H3,(H,25,28)(H,26,27)(H,29,30)(H,31,32)/t16?,17-,24?/m0/s1. The van der Waals surface area contributed by atoms with E-state index < -0.39 is 46.5 Å². The summed E-state index contributed by atoms with van der Waals surface area (Å²) in [5, 5.41) is 24.6. The molecule has 1 aromatic heterocycles. The maximum Gasteiger partial charge on any atom is 0.326 e. The Morgan fingerprint density at radius 2 is 1.76 bits per heavy atom. The molecular formula is C24H28N2O7. The Morgan fingerprint density at radius 3 is 2.27 bits per heavy atom. The highest BCUT2D eigenvalue weighted by Crippen LogP contribution is 2.56. The van der Waals surface area contributed by atoms with Crippen LogP contribution in [0.4, 0.5) is 5.69 Å². The van der Waals surface area contributed by atoms with Crippen LogP contribution in [0, 0.1) is 16.7 Å². The number of anilines is 1. The van der Waals surface area contributed by atoms with Gasteiger partial charge in [-0.2, -0.15) is 0 Å². The summed E-state index contributed by atoms with van der Waals surface area (Å²) in [5.41, 5.74) is -0.736. The predicted molar refractivity (Wildman–Crippen MR) is 119 cm³/mol. The minimum absolute atomic E-state index is 0.0385. The summed E-state index contributed by atoms with van der Waals surface area (Å²) in [7, 11) is 0. The molecule has 9 heteroatoms. The molecule has 1 aromatic carbocycles. The number of hydrogen-bond acceptors (Lipinski definition) is 5. The fraction of sp³-hybridized carbons (Fsp3) is 0.417. The van der Waals surface area contributed by atoms with Crippen molar-refractivity contribution in [3.63, 3.8) is 0 Å². The van der Waals surface area contributed by atoms with Gasteiger partial charge in [-0.15, -0.1) is 0 Å². The fourth-order valence-electron chi connectivity index (χ4n) is 4.37. The first-order valence-corrected chi connectivity index (χ1v) is 10.7. The van der Waals surface area contributed by atoms with Gasteiger partial charge in [-0.3, -0.25) is 14.4 Å². The first-order chi connectivity index (χ1) is 15.5. The van der Waals surface area contributed by atoms with Gasteiger partial charge in [-0.05, 0) is 55.0 Å². The number of hydrogen-bond donors (Lipinski definition) is 4. The number of benzene rings is 1. The van der Waals surface area contributed by atoms with E-state index in [2.05, 4.69) is 10.6 Å². The number of aliphatic carboxylic acids is 2. The number of carbonyl (C=O) groups excluding carboxylic acids is 2. The Labute approximate surface area is 191 Å². The molecule has 1 saturated carbocycles. The quantitative estimate of drug-likeness (QED) is 0.477. The van der Waals surface area contributed by atoms with Crippen molar-refractivity contribution in [2.24, 2.45) is 16.7 Å². The Kier molecular flexibility index (Phi) is 6.62. The molecule has 33 heavy (non-hydrogen) atoms. The molecule has 1 heterocycles. The van der Waals surface area contributed by atoms with Crippen molar-refractivity contribution in [3.05, 3.63) is 54.0 Å². The molecule has 1 aliphatic carbocycles. The monoisotopic (exact) mass is 456 g/mol. The summed E-state index contributed by atoms with van der Waals surface area (Å²) in [6.07, 6.45) is 2.15. The molecule has 1 aliphatic rings. The molecule has 0 spiro atoms. The third-order valence-electron chi connectivity index (χ3n) is 7.03. The van der Waals surface area contributed by atoms with E-state index in [4.69, 9.17) is 4.42 Å². The van der Waals surface area contributed by atoms with E-state index >= 15 is 0 Å². The average Bonchev–Trinajstić information content (AvgIpc) is 3.36. The molecule has 2 aromatic rings. The molecule has 0 aliphatic heterocycles. The summed E-state index contributed by atoms with van der Waals surface area (Å²) >= 11 is 0. The Balaban J connectivity index is 1.65. The number of nitrogens with one attached hydrogen (secondary N) is 2. The second-order valence-electron chi connectivity index (χ2n) is 9.18. The zero-order valence-electron chi connectivity index (χ0n) is 18.8. The summed E-state index contributed by atoms with van der Waals surface area (Å²) in [4.78, 5) is 48.6. The highest BCUT2D eigenvalue weighted by atomic mass is 16.4. The second-order valence-corrected chi connectivity index (χ2v) is 9.18. The first kappa shape index (κ1) is 24.0. The normalized spacial score (nSPS) is 22.3. The average molecular weight is 456 g/mol. The summed E-state index contributed by atoms with van der Waals surface area (Å²) in [6.45, 7) is 5.11. The van der Waals surface area contributed by atoms with Crippen LogP contribution >= 0.6 is 0 Å². The number of amides is 2. The molecule has 176 valence electrons. The zero-order chi connectivity index (χ0) is 24.4. The molecule has 9 nitrogen and oxygen atoms in total. The highest BCUT2D eigenvalue weighted by molar-refractivity contribution is 6.02. The van der Waals surface area contributed by atoms with Crippen LogP contribution in [0.3, 0.4) is 0 Å². The van der Waals surface area contributed by atoms with E-state index in [1.807, 2.05) is 0 Å². The molecule has 0 bridgehead atoms. The van der Waals surface area contributed by atoms with Crippen LogP contribution in [0.25, 0.3) is 0 Å². The maximum absolute atomic E-state index is 12.9. The highest BCUT2D eigenvalue weighted by Gasteiger charge is 2.58. The SMILES string of the molecule is CC1(C(=O)O)CCC(C(=O)N[C@@H](Cc2ccc(NC(=O)c3ccco3)cc2)C(=O)O)C1(C)C. The van der Waals surface area contributed by atoms with Crippen LogP contribution in [0.2, 0.25) is 0 Å². The first-order valence-electron chi connectivity index (χ1n) is 10.7. The predicted octanol–water partition coefficient (Wildman–Crippen LogP) is 3.17. The van der Waals surface area contributed by atoms with Crippen LogP contribution in [-0.4, -0.2) is 40.0 Å². The third-order valence-corrected chi connectivity index (χ3v) is 7.03. The summed E-state index contributed by atoms with van der Waals surface area (Å²) in [5.74, 6) is -3.45. The van der Waals surface area contributed by atoms with Crippen LogP contribution < -0.4 is 10.6 Å². The van der Waals surface area contributed by atoms with Crippen LogP contribution in [0.5, 0.6) is 0 Å². The Hall–Kier alpha value is -3.62. The smallest absolute Gasteiger partial charge is 0.326 e. The molecular weight excluding hydrogens is 428 g/mol. The Bertz CT molecular complexity index is 1040. The van der Waals surface area contributed by atoms with E-state index in [0.717, 1.165) is 0 Å². The molecule has 3 rings (SSSR count). The zero-order valence-corrected chi connectivity index (χ0v) is 18.8. The molecule has 2 unspecified atom stereocenters. The van der Waals surface area contributed by atoms with Gasteiger partial charge in [0.15, 0.2) is 5.76 Å². The van der Waals surface area contributed by atoms with Crippen molar-refractivity contribution in [3.8, 4) is 0 Å². The maximum atomic E-state index is 12.9. The number of carboxylic acids is 2. The Morgan fingerprint density at radius 1 is 1.09 bits per heavy atom. The number of carboxylic acid groups (broad SMARTS) is 2. The fourth-order valence-corrected chi connectivity index (χ4v) is 4.37. The van der Waals surface area contributed by atoms with Gasteiger partial charge in [0.2, 0.25) is 5.91 Å². The minimum atomic E-state index is -1.18. The van der Waals surface area contributed by atoms with Crippen molar-refractivity contribution in [1.82, 2.24) is 5.32 Å². The van der Waals surface area contributed by atoms with Crippen LogP contribution in [-0.2, 0) is 20.8 Å². The summed E-state index contributed by atoms with van der Waals surface area (Å²) in [6, 6.07) is 8.57. The molecule has 3 atom stereocenters. The third kappa shape index (κ3) is 4.76. The van der Waals surface area contributed by atoms with E-state index in [0.29, 0.717) is 24.1 Å². The number of carbonyl (C=O) groups is 4. The van der Waals surface area contributed by atoms with Crippen molar-refractivity contribution in [2.75, 3.05) is 5.32 Å². The molecule has 0 saturated heterocycles. The van der Waals surface area contributed by atoms with Gasteiger partial charge in [0, 0.05) is 18.0 Å². The van der Waals surface area contributed by atoms with E-state index in [9.17, 15) is 29.4 Å². The van der Waals surface area contributed by atoms with E-state index in [-0.39, 0.29) is 12.2 Å². The lowest BCUT2D eigenvalue weighted by Gasteiger charge is -2.38. The number of furan rings is 1. The van der Waals surface area contributed by atoms with E-state index in [1.165, 1.54) is 12.3 Å². The topological polar surface area (TPSA) is 146 Å². The second kappa shape index (κ2) is 9.09. The molecule has 2 amide bonds. The van der Waals surface area contributed by atoms with E-state index in [1.54, 1.807) is 51.1 Å². The molecule has 1 fully saturated rings. The van der Waals surface area contributed by atoms with Crippen molar-refractivity contribution in [1.29, 1.82) is 0 Å². The van der Waals surface area contributed by atoms with Gasteiger partial charge in [-0.25, -0.2) is 4.79 Å². The van der Waals surface area contributed by atoms with Crippen LogP contribution in [0.15, 0.2) is 47.1 Å². The van der Waals surface area contributed by atoms with Gasteiger partial charge in [-0.1, -0.05) is 26.0 Å². The lowest BCUT2D eigenvalue weighted by atomic mass is 9.65. The van der Waals surface area contributed by atoms with Gasteiger partial charge in [0.05, 0.1) is 11.7 Å². The number of rotatable bonds is 8. The van der Waals surface area contributed by atoms with Crippen molar-refractivity contribution >= 4 is 29.4 Å². The largest absolute Gasteiger partial charge is 0.481 e. The van der Waals surface area contributed by atoms with Gasteiger partial charge >= 0.3 is 11.9 Å². The molecule has 0 radical (unpaired) electrons. The lowest BCUT2D eigenvalue weighted by Crippen LogP contribution is -2.49. The van der Waals surface area contributed by atoms with Crippen molar-refractivity contribution in [2.45, 2.75) is 46.1 Å². The van der Waals surface area contributed by atoms with Gasteiger partial charge in [0.1, 0.15) is 6.04 Å². The van der Waals surface area contributed by atoms with Crippen LogP contribution in [0.1, 0.15) is 49.7 Å². The minimum Gasteiger partial charge on any atom is -0.481 e.